The third-order valence-corrected chi connectivity index (χ3v) is 3.35. The van der Waals surface area contributed by atoms with E-state index in [1.165, 1.54) is 0 Å². The summed E-state index contributed by atoms with van der Waals surface area (Å²) in [5.74, 6) is 1.03. The average Bonchev–Trinajstić information content (AvgIpc) is 2.88. The number of aryl methyl sites for hydroxylation is 1. The number of likely N-dealkylation sites (tertiary alicyclic amines) is 1. The Labute approximate surface area is 112 Å². The number of rotatable bonds is 5. The molecule has 2 unspecified atom stereocenters. The van der Waals surface area contributed by atoms with Crippen LogP contribution in [0.15, 0.2) is 10.6 Å². The van der Waals surface area contributed by atoms with Crippen LogP contribution in [-0.4, -0.2) is 46.3 Å². The van der Waals surface area contributed by atoms with Gasteiger partial charge < -0.3 is 14.9 Å². The van der Waals surface area contributed by atoms with Crippen LogP contribution in [0.4, 0.5) is 5.82 Å². The number of hydrogen-bond donors (Lipinski definition) is 2. The first kappa shape index (κ1) is 14.0. The molecule has 0 spiro atoms. The van der Waals surface area contributed by atoms with Gasteiger partial charge in [0.25, 0.3) is 0 Å². The number of aromatic nitrogens is 1. The molecule has 1 aromatic rings. The molecule has 106 valence electrons. The minimum atomic E-state index is -0.327. The second kappa shape index (κ2) is 6.16. The molecule has 19 heavy (non-hydrogen) atoms. The summed E-state index contributed by atoms with van der Waals surface area (Å²) in [6.07, 6.45) is 2.51. The zero-order valence-electron chi connectivity index (χ0n) is 11.4. The van der Waals surface area contributed by atoms with E-state index in [-0.39, 0.29) is 12.0 Å². The van der Waals surface area contributed by atoms with Gasteiger partial charge in [-0.15, -0.1) is 0 Å². The number of amides is 1. The van der Waals surface area contributed by atoms with Gasteiger partial charge in [-0.05, 0) is 39.7 Å². The van der Waals surface area contributed by atoms with Crippen LogP contribution in [0.2, 0.25) is 0 Å². The van der Waals surface area contributed by atoms with E-state index in [1.807, 2.05) is 0 Å². The van der Waals surface area contributed by atoms with Gasteiger partial charge in [-0.1, -0.05) is 5.16 Å². The first-order valence-corrected chi connectivity index (χ1v) is 6.70. The minimum absolute atomic E-state index is 0.0919. The van der Waals surface area contributed by atoms with Gasteiger partial charge >= 0.3 is 0 Å². The second-order valence-corrected chi connectivity index (χ2v) is 5.22. The van der Waals surface area contributed by atoms with Gasteiger partial charge in [0.05, 0.1) is 12.6 Å². The van der Waals surface area contributed by atoms with E-state index in [2.05, 4.69) is 15.4 Å². The van der Waals surface area contributed by atoms with Gasteiger partial charge in [-0.2, -0.15) is 0 Å². The lowest BCUT2D eigenvalue weighted by Gasteiger charge is -2.24. The van der Waals surface area contributed by atoms with Crippen molar-refractivity contribution in [2.24, 2.45) is 0 Å². The van der Waals surface area contributed by atoms with Gasteiger partial charge in [0.15, 0.2) is 5.82 Å². The van der Waals surface area contributed by atoms with Crippen LogP contribution in [-0.2, 0) is 4.79 Å². The van der Waals surface area contributed by atoms with Gasteiger partial charge in [0.1, 0.15) is 5.76 Å². The molecule has 0 radical (unpaired) electrons. The summed E-state index contributed by atoms with van der Waals surface area (Å²) in [6.45, 7) is 4.81. The monoisotopic (exact) mass is 267 g/mol. The number of nitrogens with zero attached hydrogens (tertiary/aromatic N) is 2. The number of hydrogen-bond acceptors (Lipinski definition) is 5. The molecule has 2 N–H and O–H groups in total. The molecule has 6 heteroatoms. The Balaban J connectivity index is 1.84. The van der Waals surface area contributed by atoms with E-state index in [0.29, 0.717) is 24.2 Å². The lowest BCUT2D eigenvalue weighted by molar-refractivity contribution is -0.117. The summed E-state index contributed by atoms with van der Waals surface area (Å²) in [5, 5.41) is 15.9. The predicted octanol–water partition coefficient (Wildman–Crippen LogP) is 1.16. The smallest absolute Gasteiger partial charge is 0.239 e. The molecule has 0 bridgehead atoms. The standard InChI is InChI=1S/C13H21N3O3/c1-9(17)6-11-4-3-5-16(11)8-13(18)14-12-7-10(2)19-15-12/h7,9,11,17H,3-6,8H2,1-2H3,(H,14,15,18). The van der Waals surface area contributed by atoms with Crippen molar-refractivity contribution in [3.05, 3.63) is 11.8 Å². The zero-order chi connectivity index (χ0) is 13.8. The van der Waals surface area contributed by atoms with Crippen LogP contribution in [0, 0.1) is 6.92 Å². The number of nitrogens with one attached hydrogen (secondary N) is 1. The van der Waals surface area contributed by atoms with E-state index in [0.717, 1.165) is 25.8 Å². The molecule has 2 rings (SSSR count). The molecule has 1 aliphatic rings. The maximum absolute atomic E-state index is 11.9. The maximum Gasteiger partial charge on any atom is 0.239 e. The Kier molecular flexibility index (Phi) is 4.55. The lowest BCUT2D eigenvalue weighted by atomic mass is 10.1. The van der Waals surface area contributed by atoms with Crippen LogP contribution in [0.25, 0.3) is 0 Å². The number of carbonyl (C=O) groups is 1. The molecule has 1 saturated heterocycles. The van der Waals surface area contributed by atoms with E-state index in [4.69, 9.17) is 4.52 Å². The van der Waals surface area contributed by atoms with E-state index < -0.39 is 0 Å². The van der Waals surface area contributed by atoms with E-state index in [1.54, 1.807) is 19.9 Å². The Morgan fingerprint density at radius 2 is 2.53 bits per heavy atom. The molecule has 1 amide bonds. The minimum Gasteiger partial charge on any atom is -0.393 e. The van der Waals surface area contributed by atoms with Crippen molar-refractivity contribution in [3.8, 4) is 0 Å². The second-order valence-electron chi connectivity index (χ2n) is 5.22. The summed E-state index contributed by atoms with van der Waals surface area (Å²) in [6, 6.07) is 1.99. The Bertz CT molecular complexity index is 431. The molecule has 2 atom stereocenters. The van der Waals surface area contributed by atoms with Gasteiger partial charge in [-0.25, -0.2) is 0 Å². The van der Waals surface area contributed by atoms with Crippen LogP contribution in [0.3, 0.4) is 0 Å². The highest BCUT2D eigenvalue weighted by Gasteiger charge is 2.27. The molecule has 1 aromatic heterocycles. The zero-order valence-corrected chi connectivity index (χ0v) is 11.4. The fourth-order valence-corrected chi connectivity index (χ4v) is 2.56. The molecule has 0 aliphatic carbocycles. The first-order valence-electron chi connectivity index (χ1n) is 6.70. The van der Waals surface area contributed by atoms with E-state index in [9.17, 15) is 9.90 Å². The highest BCUT2D eigenvalue weighted by Crippen LogP contribution is 2.21. The van der Waals surface area contributed by atoms with Crippen LogP contribution >= 0.6 is 0 Å². The number of aliphatic hydroxyl groups is 1. The molecule has 2 heterocycles. The third-order valence-electron chi connectivity index (χ3n) is 3.35. The predicted molar refractivity (Wildman–Crippen MR) is 70.8 cm³/mol. The topological polar surface area (TPSA) is 78.6 Å². The maximum atomic E-state index is 11.9. The average molecular weight is 267 g/mol. The largest absolute Gasteiger partial charge is 0.393 e. The summed E-state index contributed by atoms with van der Waals surface area (Å²) in [4.78, 5) is 14.0. The summed E-state index contributed by atoms with van der Waals surface area (Å²) in [5.41, 5.74) is 0. The number of anilines is 1. The van der Waals surface area contributed by atoms with E-state index >= 15 is 0 Å². The fraction of sp³-hybridized carbons (Fsp3) is 0.692. The highest BCUT2D eigenvalue weighted by atomic mass is 16.5. The lowest BCUT2D eigenvalue weighted by Crippen LogP contribution is -2.38. The Hall–Kier alpha value is -1.40. The molecule has 0 saturated carbocycles. The van der Waals surface area contributed by atoms with Crippen molar-refractivity contribution in [1.29, 1.82) is 0 Å². The molecular weight excluding hydrogens is 246 g/mol. The Morgan fingerprint density at radius 3 is 3.16 bits per heavy atom. The highest BCUT2D eigenvalue weighted by molar-refractivity contribution is 5.91. The number of aliphatic hydroxyl groups excluding tert-OH is 1. The summed E-state index contributed by atoms with van der Waals surface area (Å²) < 4.78 is 4.90. The number of carbonyl (C=O) groups excluding carboxylic acids is 1. The quantitative estimate of drug-likeness (QED) is 0.837. The molecule has 1 fully saturated rings. The van der Waals surface area contributed by atoms with Crippen molar-refractivity contribution >= 4 is 11.7 Å². The van der Waals surface area contributed by atoms with Crippen molar-refractivity contribution in [3.63, 3.8) is 0 Å². The normalized spacial score (nSPS) is 21.5. The van der Waals surface area contributed by atoms with Crippen molar-refractivity contribution in [2.45, 2.75) is 45.3 Å². The van der Waals surface area contributed by atoms with Crippen LogP contribution in [0.5, 0.6) is 0 Å². The Morgan fingerprint density at radius 1 is 1.74 bits per heavy atom. The first-order chi connectivity index (χ1) is 9.04. The van der Waals surface area contributed by atoms with Gasteiger partial charge in [-0.3, -0.25) is 9.69 Å². The molecule has 0 aromatic carbocycles. The molecular formula is C13H21N3O3. The van der Waals surface area contributed by atoms with Gasteiger partial charge in [0, 0.05) is 12.1 Å². The van der Waals surface area contributed by atoms with Crippen LogP contribution < -0.4 is 5.32 Å². The molecule has 6 nitrogen and oxygen atoms in total. The molecule has 1 aliphatic heterocycles. The fourth-order valence-electron chi connectivity index (χ4n) is 2.56. The van der Waals surface area contributed by atoms with Gasteiger partial charge in [0.2, 0.25) is 5.91 Å². The SMILES string of the molecule is Cc1cc(NC(=O)CN2CCCC2CC(C)O)no1. The van der Waals surface area contributed by atoms with Crippen molar-refractivity contribution < 1.29 is 14.4 Å². The summed E-state index contributed by atoms with van der Waals surface area (Å²) >= 11 is 0. The van der Waals surface area contributed by atoms with Crippen molar-refractivity contribution in [1.82, 2.24) is 10.1 Å². The van der Waals surface area contributed by atoms with Crippen LogP contribution in [0.1, 0.15) is 31.9 Å². The van der Waals surface area contributed by atoms with Crippen molar-refractivity contribution in [2.75, 3.05) is 18.4 Å². The third kappa shape index (κ3) is 4.04. The summed E-state index contributed by atoms with van der Waals surface area (Å²) in [7, 11) is 0.